The van der Waals surface area contributed by atoms with Crippen molar-refractivity contribution < 1.29 is 20.4 Å². The van der Waals surface area contributed by atoms with Gasteiger partial charge in [0.15, 0.2) is 0 Å². The van der Waals surface area contributed by atoms with Gasteiger partial charge in [0.05, 0.1) is 13.2 Å². The highest BCUT2D eigenvalue weighted by atomic mass is 16.3. The third kappa shape index (κ3) is 11.6. The minimum absolute atomic E-state index is 0.0702. The fourth-order valence-electron chi connectivity index (χ4n) is 7.71. The van der Waals surface area contributed by atoms with Gasteiger partial charge < -0.3 is 31.9 Å². The van der Waals surface area contributed by atoms with Crippen molar-refractivity contribution in [2.24, 2.45) is 22.3 Å². The zero-order chi connectivity index (χ0) is 42.3. The van der Waals surface area contributed by atoms with Gasteiger partial charge in [-0.15, -0.1) is 30.0 Å². The summed E-state index contributed by atoms with van der Waals surface area (Å²) < 4.78 is 0. The van der Waals surface area contributed by atoms with Crippen LogP contribution in [0.1, 0.15) is 104 Å². The number of rotatable bonds is 10. The third-order valence-electron chi connectivity index (χ3n) is 9.49. The number of phenolic OH excluding ortho intramolecular Hbond substituents is 2. The lowest BCUT2D eigenvalue weighted by molar-refractivity contribution is 0.283. The van der Waals surface area contributed by atoms with Gasteiger partial charge in [0.1, 0.15) is 44.9 Å². The number of fused-ring (bicyclic) bond motifs is 2. The van der Waals surface area contributed by atoms with E-state index in [4.69, 9.17) is 42.1 Å². The minimum atomic E-state index is -0.231. The van der Waals surface area contributed by atoms with E-state index in [-0.39, 0.29) is 52.8 Å². The molecule has 2 heterocycles. The number of aliphatic hydroxyl groups is 2. The molecule has 6 aromatic rings. The van der Waals surface area contributed by atoms with Crippen molar-refractivity contribution in [2.75, 3.05) is 26.3 Å². The molecule has 0 saturated carbocycles. The van der Waals surface area contributed by atoms with Crippen molar-refractivity contribution >= 4 is 22.1 Å². The number of hydrogen-bond acceptors (Lipinski definition) is 10. The topological polar surface area (TPSA) is 194 Å². The molecule has 0 bridgehead atoms. The first-order chi connectivity index (χ1) is 26.6. The maximum absolute atomic E-state index is 12.0. The summed E-state index contributed by atoms with van der Waals surface area (Å²) in [5.74, 6) is 0.165. The van der Waals surface area contributed by atoms with Gasteiger partial charge in [-0.05, 0) is 82.0 Å². The lowest BCUT2D eigenvalue weighted by Gasteiger charge is -2.34. The van der Waals surface area contributed by atoms with Crippen LogP contribution in [0.4, 0.5) is 0 Å². The van der Waals surface area contributed by atoms with Gasteiger partial charge in [-0.2, -0.15) is 0 Å². The largest absolute Gasteiger partial charge is 0.505 e. The Balaban J connectivity index is 0.000000824. The van der Waals surface area contributed by atoms with E-state index in [0.717, 1.165) is 46.0 Å². The first kappa shape index (κ1) is 44.8. The summed E-state index contributed by atoms with van der Waals surface area (Å²) in [5.41, 5.74) is 16.7. The predicted molar refractivity (Wildman–Crippen MR) is 230 cm³/mol. The van der Waals surface area contributed by atoms with E-state index >= 15 is 0 Å². The highest BCUT2D eigenvalue weighted by Gasteiger charge is 2.32. The fraction of sp³-hybridized carbons (Fsp3) is 0.467. The third-order valence-corrected chi connectivity index (χ3v) is 9.49. The number of nitrogens with two attached hydrogens (primary N) is 2. The minimum Gasteiger partial charge on any atom is -0.505 e. The van der Waals surface area contributed by atoms with Gasteiger partial charge in [0, 0.05) is 30.6 Å². The molecule has 0 spiro atoms. The highest BCUT2D eigenvalue weighted by Crippen LogP contribution is 2.43. The van der Waals surface area contributed by atoms with Crippen LogP contribution in [0.2, 0.25) is 0 Å². The summed E-state index contributed by atoms with van der Waals surface area (Å²) in [4.78, 5) is 3.07. The van der Waals surface area contributed by atoms with E-state index in [1.807, 2.05) is 60.7 Å². The lowest BCUT2D eigenvalue weighted by Crippen LogP contribution is -2.25. The summed E-state index contributed by atoms with van der Waals surface area (Å²) in [6.07, 6.45) is 2.11. The second-order valence-corrected chi connectivity index (χ2v) is 18.4. The van der Waals surface area contributed by atoms with E-state index in [2.05, 4.69) is 81.4 Å². The molecule has 0 unspecified atom stereocenters. The molecule has 12 nitrogen and oxygen atoms in total. The predicted octanol–water partition coefficient (Wildman–Crippen LogP) is 7.46. The molecule has 0 atom stereocenters. The standard InChI is InChI=1S/C41H50N6O2.2C2H7NO/c1-38(2,3)24-40(7,8)28-20-26(36(48)34(22-28)46-42-30-15-11-12-16-31(30)43-46)19-27-21-29(41(9,10)25-39(4,5)6)23-35(37(27)49)47-44-32-17-13-14-18-33(32)45-47;2*3-1-2-4/h11-18,20-23,48-49H,19,24-25H2,1-10H3;2*4H,1-3H2. The summed E-state index contributed by atoms with van der Waals surface area (Å²) in [7, 11) is 0. The highest BCUT2D eigenvalue weighted by molar-refractivity contribution is 5.75. The molecule has 0 aliphatic carbocycles. The van der Waals surface area contributed by atoms with Crippen LogP contribution < -0.4 is 11.5 Å². The molecule has 0 saturated heterocycles. The average molecular weight is 781 g/mol. The van der Waals surface area contributed by atoms with E-state index < -0.39 is 0 Å². The summed E-state index contributed by atoms with van der Waals surface area (Å²) >= 11 is 0. The van der Waals surface area contributed by atoms with Crippen LogP contribution in [-0.4, -0.2) is 76.7 Å². The fourth-order valence-corrected chi connectivity index (χ4v) is 7.71. The molecule has 6 rings (SSSR count). The van der Waals surface area contributed by atoms with Gasteiger partial charge in [-0.3, -0.25) is 0 Å². The Bertz CT molecular complexity index is 2010. The van der Waals surface area contributed by atoms with Gasteiger partial charge in [0.25, 0.3) is 0 Å². The van der Waals surface area contributed by atoms with Crippen LogP contribution in [0, 0.1) is 10.8 Å². The molecule has 2 aromatic heterocycles. The lowest BCUT2D eigenvalue weighted by atomic mass is 9.71. The van der Waals surface area contributed by atoms with Crippen molar-refractivity contribution in [1.82, 2.24) is 30.0 Å². The van der Waals surface area contributed by atoms with Gasteiger partial charge >= 0.3 is 0 Å². The number of hydrogen-bond donors (Lipinski definition) is 6. The summed E-state index contributed by atoms with van der Waals surface area (Å²) in [6.45, 7) is 23.4. The zero-order valence-electron chi connectivity index (χ0n) is 35.5. The summed E-state index contributed by atoms with van der Waals surface area (Å²) in [5, 5.41) is 58.4. The van der Waals surface area contributed by atoms with Crippen molar-refractivity contribution in [2.45, 2.75) is 99.3 Å². The van der Waals surface area contributed by atoms with Crippen LogP contribution in [0.25, 0.3) is 33.4 Å². The molecule has 57 heavy (non-hydrogen) atoms. The number of aliphatic hydroxyl groups excluding tert-OH is 2. The van der Waals surface area contributed by atoms with Crippen molar-refractivity contribution in [1.29, 1.82) is 0 Å². The SMILES string of the molecule is CC(C)(C)CC(C)(C)c1cc(Cc2cc(C(C)(C)CC(C)(C)C)cc(-n3nc4ccccc4n3)c2O)c(O)c(-n2nc3ccccc3n2)c1.NCCO.NCCO. The Morgan fingerprint density at radius 1 is 0.509 bits per heavy atom. The first-order valence-corrected chi connectivity index (χ1v) is 19.6. The van der Waals surface area contributed by atoms with Crippen molar-refractivity contribution in [3.05, 3.63) is 95.1 Å². The molecule has 0 aliphatic rings. The molecule has 12 heteroatoms. The van der Waals surface area contributed by atoms with E-state index in [1.165, 1.54) is 9.59 Å². The Hall–Kier alpha value is -4.88. The molecule has 0 aliphatic heterocycles. The number of aromatic nitrogens is 6. The number of aromatic hydroxyl groups is 2. The Morgan fingerprint density at radius 3 is 1.04 bits per heavy atom. The zero-order valence-corrected chi connectivity index (χ0v) is 35.5. The molecule has 308 valence electrons. The quantitative estimate of drug-likeness (QED) is 0.0813. The molecule has 0 radical (unpaired) electrons. The Labute approximate surface area is 337 Å². The molecular formula is C45H64N8O4. The molecule has 0 fully saturated rings. The normalized spacial score (nSPS) is 12.3. The van der Waals surface area contributed by atoms with E-state index in [9.17, 15) is 10.2 Å². The molecule has 8 N–H and O–H groups in total. The second-order valence-electron chi connectivity index (χ2n) is 18.4. The Morgan fingerprint density at radius 2 is 0.789 bits per heavy atom. The van der Waals surface area contributed by atoms with Crippen LogP contribution >= 0.6 is 0 Å². The van der Waals surface area contributed by atoms with Crippen molar-refractivity contribution in [3.63, 3.8) is 0 Å². The van der Waals surface area contributed by atoms with Crippen LogP contribution in [0.5, 0.6) is 11.5 Å². The van der Waals surface area contributed by atoms with E-state index in [1.54, 1.807) is 0 Å². The molecule has 0 amide bonds. The monoisotopic (exact) mass is 781 g/mol. The van der Waals surface area contributed by atoms with Crippen molar-refractivity contribution in [3.8, 4) is 22.9 Å². The maximum atomic E-state index is 12.0. The molecular weight excluding hydrogens is 717 g/mol. The number of nitrogens with zero attached hydrogens (tertiary/aromatic N) is 6. The van der Waals surface area contributed by atoms with Gasteiger partial charge in [-0.1, -0.05) is 106 Å². The molecule has 4 aromatic carbocycles. The first-order valence-electron chi connectivity index (χ1n) is 19.6. The second kappa shape index (κ2) is 18.1. The van der Waals surface area contributed by atoms with Crippen LogP contribution in [-0.2, 0) is 17.3 Å². The Kier molecular flexibility index (Phi) is 14.3. The number of benzene rings is 4. The van der Waals surface area contributed by atoms with Gasteiger partial charge in [-0.25, -0.2) is 0 Å². The number of phenols is 2. The smallest absolute Gasteiger partial charge is 0.146 e. The van der Waals surface area contributed by atoms with Crippen LogP contribution in [0.3, 0.4) is 0 Å². The maximum Gasteiger partial charge on any atom is 0.146 e. The van der Waals surface area contributed by atoms with E-state index in [0.29, 0.717) is 35.6 Å². The summed E-state index contributed by atoms with van der Waals surface area (Å²) in [6, 6.07) is 23.6. The van der Waals surface area contributed by atoms with Crippen LogP contribution in [0.15, 0.2) is 72.8 Å². The average Bonchev–Trinajstić information content (AvgIpc) is 3.76. The van der Waals surface area contributed by atoms with Gasteiger partial charge in [0.2, 0.25) is 0 Å².